The van der Waals surface area contributed by atoms with Gasteiger partial charge in [-0.25, -0.2) is 0 Å². The average Bonchev–Trinajstić information content (AvgIpc) is 2.55. The van der Waals surface area contributed by atoms with E-state index in [1.807, 2.05) is 34.6 Å². The van der Waals surface area contributed by atoms with Crippen LogP contribution in [0.3, 0.4) is 0 Å². The highest BCUT2D eigenvalue weighted by Crippen LogP contribution is 2.43. The number of hydrogen-bond donors (Lipinski definition) is 0. The van der Waals surface area contributed by atoms with Crippen LogP contribution in [0.1, 0.15) is 48.5 Å². The quantitative estimate of drug-likeness (QED) is 0.576. The molecule has 4 heteroatoms. The molecule has 0 bridgehead atoms. The van der Waals surface area contributed by atoms with Crippen molar-refractivity contribution >= 4 is 11.9 Å². The largest absolute Gasteiger partial charge is 0.465 e. The zero-order valence-corrected chi connectivity index (χ0v) is 14.2. The molecule has 0 aromatic heterocycles. The minimum absolute atomic E-state index is 0.0390. The molecule has 21 heavy (non-hydrogen) atoms. The van der Waals surface area contributed by atoms with Crippen molar-refractivity contribution in [2.24, 2.45) is 23.2 Å². The Morgan fingerprint density at radius 1 is 1.14 bits per heavy atom. The first-order chi connectivity index (χ1) is 9.56. The van der Waals surface area contributed by atoms with E-state index in [1.54, 1.807) is 0 Å². The number of rotatable bonds is 5. The molecule has 4 nitrogen and oxygen atoms in total. The van der Waals surface area contributed by atoms with Gasteiger partial charge in [0.15, 0.2) is 0 Å². The minimum atomic E-state index is -0.310. The van der Waals surface area contributed by atoms with Crippen LogP contribution in [0.25, 0.3) is 0 Å². The predicted octanol–water partition coefficient (Wildman–Crippen LogP) is 3.36. The molecule has 1 aliphatic rings. The Morgan fingerprint density at radius 3 is 2.14 bits per heavy atom. The van der Waals surface area contributed by atoms with Crippen LogP contribution in [-0.2, 0) is 19.1 Å². The highest BCUT2D eigenvalue weighted by atomic mass is 16.6. The van der Waals surface area contributed by atoms with Crippen molar-refractivity contribution in [2.75, 3.05) is 6.61 Å². The van der Waals surface area contributed by atoms with E-state index in [9.17, 15) is 9.59 Å². The predicted molar refractivity (Wildman–Crippen MR) is 81.5 cm³/mol. The smallest absolute Gasteiger partial charge is 0.308 e. The Labute approximate surface area is 127 Å². The van der Waals surface area contributed by atoms with Gasteiger partial charge in [-0.1, -0.05) is 47.6 Å². The molecule has 0 fully saturated rings. The van der Waals surface area contributed by atoms with Crippen molar-refractivity contribution in [1.82, 2.24) is 0 Å². The van der Waals surface area contributed by atoms with E-state index in [2.05, 4.69) is 19.9 Å². The van der Waals surface area contributed by atoms with Crippen LogP contribution < -0.4 is 0 Å². The summed E-state index contributed by atoms with van der Waals surface area (Å²) in [6, 6.07) is 0. The van der Waals surface area contributed by atoms with Gasteiger partial charge in [-0.3, -0.25) is 9.59 Å². The van der Waals surface area contributed by atoms with Crippen molar-refractivity contribution < 1.29 is 19.1 Å². The minimum Gasteiger partial charge on any atom is -0.465 e. The maximum absolute atomic E-state index is 11.9. The van der Waals surface area contributed by atoms with Crippen LogP contribution >= 0.6 is 0 Å². The van der Waals surface area contributed by atoms with Crippen LogP contribution in [-0.4, -0.2) is 24.6 Å². The van der Waals surface area contributed by atoms with Gasteiger partial charge in [0.1, 0.15) is 6.10 Å². The normalized spacial score (nSPS) is 24.1. The molecule has 2 atom stereocenters. The zero-order chi connectivity index (χ0) is 16.4. The molecule has 0 unspecified atom stereocenters. The van der Waals surface area contributed by atoms with Gasteiger partial charge in [0, 0.05) is 5.92 Å². The topological polar surface area (TPSA) is 52.6 Å². The summed E-state index contributed by atoms with van der Waals surface area (Å²) in [5, 5.41) is 0. The Hall–Kier alpha value is -1.32. The molecule has 0 saturated carbocycles. The average molecular weight is 296 g/mol. The molecule has 1 rings (SSSR count). The zero-order valence-electron chi connectivity index (χ0n) is 14.2. The fourth-order valence-electron chi connectivity index (χ4n) is 2.56. The van der Waals surface area contributed by atoms with E-state index < -0.39 is 0 Å². The van der Waals surface area contributed by atoms with Gasteiger partial charge in [0.2, 0.25) is 0 Å². The number of carbonyl (C=O) groups excluding carboxylic acids is 2. The molecule has 0 aromatic rings. The molecule has 0 N–H and O–H groups in total. The second-order valence-electron chi connectivity index (χ2n) is 7.11. The lowest BCUT2D eigenvalue weighted by Crippen LogP contribution is -2.36. The van der Waals surface area contributed by atoms with Crippen molar-refractivity contribution in [1.29, 1.82) is 0 Å². The molecule has 120 valence electrons. The second-order valence-corrected chi connectivity index (χ2v) is 7.11. The Balaban J connectivity index is 2.81. The van der Waals surface area contributed by atoms with Crippen LogP contribution in [0.15, 0.2) is 11.6 Å². The summed E-state index contributed by atoms with van der Waals surface area (Å²) >= 11 is 0. The van der Waals surface area contributed by atoms with Crippen LogP contribution in [0.5, 0.6) is 0 Å². The van der Waals surface area contributed by atoms with Crippen LogP contribution in [0.4, 0.5) is 0 Å². The van der Waals surface area contributed by atoms with Crippen molar-refractivity contribution in [3.8, 4) is 0 Å². The monoisotopic (exact) mass is 296 g/mol. The summed E-state index contributed by atoms with van der Waals surface area (Å²) < 4.78 is 11.0. The number of allylic oxidation sites excluding steroid dienone is 1. The van der Waals surface area contributed by atoms with Gasteiger partial charge in [-0.05, 0) is 17.9 Å². The van der Waals surface area contributed by atoms with Gasteiger partial charge < -0.3 is 9.47 Å². The molecule has 0 spiro atoms. The third-order valence-corrected chi connectivity index (χ3v) is 3.96. The van der Waals surface area contributed by atoms with Gasteiger partial charge in [0.25, 0.3) is 0 Å². The molecule has 0 amide bonds. The molecule has 0 aromatic carbocycles. The summed E-state index contributed by atoms with van der Waals surface area (Å²) in [5.74, 6) is -0.793. The SMILES string of the molecule is CC1=CC(C)(C)[C@H](COC(=O)C(C)C)[C@@H]1OC(=O)C(C)C. The molecule has 1 aliphatic carbocycles. The maximum Gasteiger partial charge on any atom is 0.308 e. The first kappa shape index (κ1) is 17.7. The third kappa shape index (κ3) is 4.32. The lowest BCUT2D eigenvalue weighted by molar-refractivity contribution is -0.158. The lowest BCUT2D eigenvalue weighted by atomic mass is 9.81. The standard InChI is InChI=1S/C17H28O4/c1-10(2)15(18)20-9-13-14(21-16(19)11(3)4)12(5)8-17(13,6)7/h8,10-11,13-14H,9H2,1-7H3/t13-,14-/m1/s1. The van der Waals surface area contributed by atoms with E-state index in [0.717, 1.165) is 5.57 Å². The highest BCUT2D eigenvalue weighted by Gasteiger charge is 2.44. The fourth-order valence-corrected chi connectivity index (χ4v) is 2.56. The van der Waals surface area contributed by atoms with Gasteiger partial charge in [-0.2, -0.15) is 0 Å². The number of carbonyl (C=O) groups is 2. The fraction of sp³-hybridized carbons (Fsp3) is 0.765. The lowest BCUT2D eigenvalue weighted by Gasteiger charge is -2.31. The van der Waals surface area contributed by atoms with Gasteiger partial charge >= 0.3 is 11.9 Å². The van der Waals surface area contributed by atoms with Crippen molar-refractivity contribution in [3.63, 3.8) is 0 Å². The third-order valence-electron chi connectivity index (χ3n) is 3.96. The summed E-state index contributed by atoms with van der Waals surface area (Å²) in [4.78, 5) is 23.6. The van der Waals surface area contributed by atoms with E-state index in [-0.39, 0.29) is 47.8 Å². The van der Waals surface area contributed by atoms with Gasteiger partial charge in [0.05, 0.1) is 18.4 Å². The van der Waals surface area contributed by atoms with Crippen molar-refractivity contribution in [2.45, 2.75) is 54.6 Å². The maximum atomic E-state index is 11.9. The first-order valence-electron chi connectivity index (χ1n) is 7.62. The summed E-state index contributed by atoms with van der Waals surface area (Å²) in [7, 11) is 0. The van der Waals surface area contributed by atoms with E-state index >= 15 is 0 Å². The van der Waals surface area contributed by atoms with Crippen molar-refractivity contribution in [3.05, 3.63) is 11.6 Å². The summed E-state index contributed by atoms with van der Waals surface area (Å²) in [6.07, 6.45) is 1.80. The molecule has 0 saturated heterocycles. The Bertz CT molecular complexity index is 432. The van der Waals surface area contributed by atoms with E-state index in [4.69, 9.17) is 9.47 Å². The number of esters is 2. The molecular formula is C17H28O4. The van der Waals surface area contributed by atoms with E-state index in [0.29, 0.717) is 0 Å². The van der Waals surface area contributed by atoms with E-state index in [1.165, 1.54) is 0 Å². The van der Waals surface area contributed by atoms with Crippen LogP contribution in [0, 0.1) is 23.2 Å². The molecule has 0 heterocycles. The second kappa shape index (κ2) is 6.63. The summed E-state index contributed by atoms with van der Waals surface area (Å²) in [6.45, 7) is 13.6. The Kier molecular flexibility index (Phi) is 5.60. The highest BCUT2D eigenvalue weighted by molar-refractivity contribution is 5.72. The number of hydrogen-bond acceptors (Lipinski definition) is 4. The Morgan fingerprint density at radius 2 is 1.67 bits per heavy atom. The molecule has 0 aliphatic heterocycles. The summed E-state index contributed by atoms with van der Waals surface area (Å²) in [5.41, 5.74) is 0.864. The first-order valence-corrected chi connectivity index (χ1v) is 7.62. The van der Waals surface area contributed by atoms with Gasteiger partial charge in [-0.15, -0.1) is 0 Å². The molecular weight excluding hydrogens is 268 g/mol. The molecule has 0 radical (unpaired) electrons. The number of ether oxygens (including phenoxy) is 2. The van der Waals surface area contributed by atoms with Crippen LogP contribution in [0.2, 0.25) is 0 Å².